The van der Waals surface area contributed by atoms with E-state index in [2.05, 4.69) is 9.71 Å². The van der Waals surface area contributed by atoms with E-state index in [0.29, 0.717) is 11.1 Å². The van der Waals surface area contributed by atoms with Crippen molar-refractivity contribution in [1.29, 1.82) is 0 Å². The van der Waals surface area contributed by atoms with Crippen LogP contribution in [0.15, 0.2) is 71.9 Å². The van der Waals surface area contributed by atoms with Gasteiger partial charge in [-0.25, -0.2) is 17.5 Å². The van der Waals surface area contributed by atoms with Crippen molar-refractivity contribution in [2.45, 2.75) is 18.4 Å². The number of nitrogens with zero attached hydrogens (tertiary/aromatic N) is 1. The Hall–Kier alpha value is -2.57. The van der Waals surface area contributed by atoms with Crippen LogP contribution < -0.4 is 4.72 Å². The van der Waals surface area contributed by atoms with Gasteiger partial charge in [0.1, 0.15) is 5.82 Å². The van der Waals surface area contributed by atoms with Gasteiger partial charge in [-0.05, 0) is 47.9 Å². The fraction of sp³-hybridized carbons (Fsp3) is 0.105. The van der Waals surface area contributed by atoms with Crippen LogP contribution in [0.5, 0.6) is 0 Å². The van der Waals surface area contributed by atoms with Crippen molar-refractivity contribution in [2.75, 3.05) is 0 Å². The molecule has 3 aromatic rings. The maximum absolute atomic E-state index is 13.9. The SMILES string of the molecule is Cc1cccc(S(=O)(=O)NCc2cccc(-c3ccncc3F)c2)c1. The zero-order valence-corrected chi connectivity index (χ0v) is 14.4. The van der Waals surface area contributed by atoms with Crippen LogP contribution in [0.2, 0.25) is 0 Å². The first-order chi connectivity index (χ1) is 12.0. The molecule has 0 amide bonds. The van der Waals surface area contributed by atoms with Crippen LogP contribution in [0.1, 0.15) is 11.1 Å². The number of halogens is 1. The Balaban J connectivity index is 1.80. The molecule has 0 bridgehead atoms. The Morgan fingerprint density at radius 1 is 1.08 bits per heavy atom. The number of nitrogens with one attached hydrogen (secondary N) is 1. The number of pyridine rings is 1. The molecule has 0 spiro atoms. The molecule has 1 aromatic heterocycles. The third-order valence-corrected chi connectivity index (χ3v) is 5.18. The number of aromatic nitrogens is 1. The first-order valence-electron chi connectivity index (χ1n) is 7.71. The van der Waals surface area contributed by atoms with Gasteiger partial charge in [-0.2, -0.15) is 0 Å². The van der Waals surface area contributed by atoms with E-state index in [1.807, 2.05) is 13.0 Å². The minimum Gasteiger partial charge on any atom is -0.262 e. The van der Waals surface area contributed by atoms with Crippen molar-refractivity contribution in [2.24, 2.45) is 0 Å². The van der Waals surface area contributed by atoms with Crippen molar-refractivity contribution < 1.29 is 12.8 Å². The fourth-order valence-corrected chi connectivity index (χ4v) is 3.62. The van der Waals surface area contributed by atoms with Crippen LogP contribution in [-0.4, -0.2) is 13.4 Å². The Kier molecular flexibility index (Phi) is 4.92. The summed E-state index contributed by atoms with van der Waals surface area (Å²) in [6.45, 7) is 1.96. The summed E-state index contributed by atoms with van der Waals surface area (Å²) < 4.78 is 41.2. The molecule has 0 saturated heterocycles. The van der Waals surface area contributed by atoms with Crippen LogP contribution >= 0.6 is 0 Å². The van der Waals surface area contributed by atoms with Crippen molar-refractivity contribution in [3.8, 4) is 11.1 Å². The minimum atomic E-state index is -3.60. The van der Waals surface area contributed by atoms with Crippen molar-refractivity contribution in [3.05, 3.63) is 83.9 Å². The summed E-state index contributed by atoms with van der Waals surface area (Å²) in [6, 6.07) is 15.4. The molecule has 128 valence electrons. The molecule has 4 nitrogen and oxygen atoms in total. The van der Waals surface area contributed by atoms with Crippen molar-refractivity contribution >= 4 is 10.0 Å². The smallest absolute Gasteiger partial charge is 0.240 e. The summed E-state index contributed by atoms with van der Waals surface area (Å²) in [5.41, 5.74) is 2.72. The average molecular weight is 356 g/mol. The fourth-order valence-electron chi connectivity index (χ4n) is 2.50. The molecule has 1 N–H and O–H groups in total. The Bertz CT molecular complexity index is 1000. The Morgan fingerprint density at radius 2 is 1.88 bits per heavy atom. The van der Waals surface area contributed by atoms with Crippen molar-refractivity contribution in [1.82, 2.24) is 9.71 Å². The highest BCUT2D eigenvalue weighted by molar-refractivity contribution is 7.89. The van der Waals surface area contributed by atoms with Gasteiger partial charge in [-0.3, -0.25) is 4.98 Å². The van der Waals surface area contributed by atoms with Crippen molar-refractivity contribution in [3.63, 3.8) is 0 Å². The predicted molar refractivity (Wildman–Crippen MR) is 94.8 cm³/mol. The molecule has 0 aliphatic rings. The zero-order chi connectivity index (χ0) is 17.9. The van der Waals surface area contributed by atoms with Gasteiger partial charge < -0.3 is 0 Å². The number of aryl methyl sites for hydroxylation is 1. The lowest BCUT2D eigenvalue weighted by molar-refractivity contribution is 0.581. The summed E-state index contributed by atoms with van der Waals surface area (Å²) >= 11 is 0. The molecule has 6 heteroatoms. The van der Waals surface area contributed by atoms with E-state index < -0.39 is 15.8 Å². The van der Waals surface area contributed by atoms with Crippen LogP contribution in [0.4, 0.5) is 4.39 Å². The van der Waals surface area contributed by atoms with Gasteiger partial charge in [0.25, 0.3) is 0 Å². The van der Waals surface area contributed by atoms with Gasteiger partial charge in [0, 0.05) is 18.3 Å². The number of sulfonamides is 1. The van der Waals surface area contributed by atoms with Gasteiger partial charge in [0.15, 0.2) is 0 Å². The second-order valence-electron chi connectivity index (χ2n) is 5.70. The minimum absolute atomic E-state index is 0.122. The molecule has 0 radical (unpaired) electrons. The molecule has 0 unspecified atom stereocenters. The van der Waals surface area contributed by atoms with Gasteiger partial charge in [-0.1, -0.05) is 30.3 Å². The maximum Gasteiger partial charge on any atom is 0.240 e. The molecular formula is C19H17FN2O2S. The van der Waals surface area contributed by atoms with Crippen LogP contribution in [0.3, 0.4) is 0 Å². The molecule has 0 saturated carbocycles. The van der Waals surface area contributed by atoms with E-state index >= 15 is 0 Å². The van der Waals surface area contributed by atoms with Gasteiger partial charge in [-0.15, -0.1) is 0 Å². The molecule has 0 atom stereocenters. The molecule has 25 heavy (non-hydrogen) atoms. The first-order valence-corrected chi connectivity index (χ1v) is 9.19. The molecule has 2 aromatic carbocycles. The monoisotopic (exact) mass is 356 g/mol. The third kappa shape index (κ3) is 4.10. The predicted octanol–water partition coefficient (Wildman–Crippen LogP) is 3.67. The molecule has 0 aliphatic carbocycles. The number of rotatable bonds is 5. The average Bonchev–Trinajstić information content (AvgIpc) is 2.61. The highest BCUT2D eigenvalue weighted by Crippen LogP contribution is 2.23. The number of hydrogen-bond acceptors (Lipinski definition) is 3. The lowest BCUT2D eigenvalue weighted by Gasteiger charge is -2.09. The maximum atomic E-state index is 13.9. The normalized spacial score (nSPS) is 11.4. The summed E-state index contributed by atoms with van der Waals surface area (Å²) in [5, 5.41) is 0. The van der Waals surface area contributed by atoms with E-state index in [-0.39, 0.29) is 11.4 Å². The van der Waals surface area contributed by atoms with E-state index in [1.54, 1.807) is 48.5 Å². The van der Waals surface area contributed by atoms with E-state index in [1.165, 1.54) is 6.20 Å². The third-order valence-electron chi connectivity index (χ3n) is 3.78. The topological polar surface area (TPSA) is 59.1 Å². The second-order valence-corrected chi connectivity index (χ2v) is 7.46. The lowest BCUT2D eigenvalue weighted by Crippen LogP contribution is -2.23. The molecular weight excluding hydrogens is 339 g/mol. The molecule has 0 fully saturated rings. The summed E-state index contributed by atoms with van der Waals surface area (Å²) in [4.78, 5) is 3.96. The summed E-state index contributed by atoms with van der Waals surface area (Å²) in [7, 11) is -3.60. The number of hydrogen-bond donors (Lipinski definition) is 1. The molecule has 1 heterocycles. The quantitative estimate of drug-likeness (QED) is 0.759. The Morgan fingerprint density at radius 3 is 2.64 bits per heavy atom. The highest BCUT2D eigenvalue weighted by atomic mass is 32.2. The highest BCUT2D eigenvalue weighted by Gasteiger charge is 2.14. The van der Waals surface area contributed by atoms with Gasteiger partial charge in [0.05, 0.1) is 11.1 Å². The number of benzene rings is 2. The Labute approximate surface area is 146 Å². The second kappa shape index (κ2) is 7.13. The van der Waals surface area contributed by atoms with Crippen LogP contribution in [0.25, 0.3) is 11.1 Å². The van der Waals surface area contributed by atoms with Crippen LogP contribution in [-0.2, 0) is 16.6 Å². The molecule has 3 rings (SSSR count). The lowest BCUT2D eigenvalue weighted by atomic mass is 10.0. The van der Waals surface area contributed by atoms with E-state index in [9.17, 15) is 12.8 Å². The summed E-state index contributed by atoms with van der Waals surface area (Å²) in [5.74, 6) is -0.417. The standard InChI is InChI=1S/C19H17FN2O2S/c1-14-4-2-7-17(10-14)25(23,24)22-12-15-5-3-6-16(11-15)18-8-9-21-13-19(18)20/h2-11,13,22H,12H2,1H3. The van der Waals surface area contributed by atoms with Gasteiger partial charge in [0.2, 0.25) is 10.0 Å². The molecule has 0 aliphatic heterocycles. The first kappa shape index (κ1) is 17.3. The van der Waals surface area contributed by atoms with Gasteiger partial charge >= 0.3 is 0 Å². The van der Waals surface area contributed by atoms with E-state index in [4.69, 9.17) is 0 Å². The van der Waals surface area contributed by atoms with Crippen LogP contribution in [0, 0.1) is 12.7 Å². The van der Waals surface area contributed by atoms with E-state index in [0.717, 1.165) is 17.3 Å². The largest absolute Gasteiger partial charge is 0.262 e. The zero-order valence-electron chi connectivity index (χ0n) is 13.6. The summed E-state index contributed by atoms with van der Waals surface area (Å²) in [6.07, 6.45) is 2.67.